The van der Waals surface area contributed by atoms with Crippen LogP contribution in [0, 0.1) is 17.8 Å². The van der Waals surface area contributed by atoms with Crippen LogP contribution < -0.4 is 14.4 Å². The van der Waals surface area contributed by atoms with E-state index in [-0.39, 0.29) is 34.5 Å². The zero-order valence-electron chi connectivity index (χ0n) is 23.8. The summed E-state index contributed by atoms with van der Waals surface area (Å²) in [7, 11) is -3.87. The highest BCUT2D eigenvalue weighted by Crippen LogP contribution is 2.46. The van der Waals surface area contributed by atoms with Crippen LogP contribution in [-0.2, 0) is 26.7 Å². The van der Waals surface area contributed by atoms with Crippen LogP contribution in [0.25, 0.3) is 0 Å². The van der Waals surface area contributed by atoms with Crippen LogP contribution >= 0.6 is 11.6 Å². The predicted molar refractivity (Wildman–Crippen MR) is 160 cm³/mol. The first kappa shape index (κ1) is 28.5. The number of ether oxygens (including phenoxy) is 1. The van der Waals surface area contributed by atoms with E-state index in [1.165, 1.54) is 11.1 Å². The Kier molecular flexibility index (Phi) is 7.60. The molecule has 2 aliphatic carbocycles. The van der Waals surface area contributed by atoms with Crippen LogP contribution in [0.3, 0.4) is 0 Å². The number of sulfonamides is 1. The van der Waals surface area contributed by atoms with E-state index < -0.39 is 21.2 Å². The third-order valence-corrected chi connectivity index (χ3v) is 12.0. The Balaban J connectivity index is 1.42. The van der Waals surface area contributed by atoms with Gasteiger partial charge in [-0.25, -0.2) is 13.1 Å². The first-order chi connectivity index (χ1) is 19.5. The lowest BCUT2D eigenvalue weighted by atomic mass is 9.68. The SMILES string of the molecule is C[C@H]1CC[C@@H](C)S(=O)(=O)NC(=O)c2ccc3c(c2)N(C[C@@H]2CC[C@H]2C(=O)C1)C[C@@]1(CCCc2cc(Cl)ccc21)CO3. The molecule has 0 saturated heterocycles. The molecule has 2 heterocycles. The Morgan fingerprint density at radius 1 is 1.05 bits per heavy atom. The van der Waals surface area contributed by atoms with Crippen molar-refractivity contribution < 1.29 is 22.7 Å². The molecule has 220 valence electrons. The van der Waals surface area contributed by atoms with Crippen LogP contribution in [0.4, 0.5) is 5.69 Å². The van der Waals surface area contributed by atoms with Crippen molar-refractivity contribution in [3.8, 4) is 5.75 Å². The Morgan fingerprint density at radius 2 is 1.88 bits per heavy atom. The second-order valence-electron chi connectivity index (χ2n) is 12.9. The second kappa shape index (κ2) is 10.9. The maximum atomic E-state index is 13.4. The van der Waals surface area contributed by atoms with Crippen LogP contribution in [0.5, 0.6) is 5.75 Å². The van der Waals surface area contributed by atoms with Crippen molar-refractivity contribution in [3.63, 3.8) is 0 Å². The van der Waals surface area contributed by atoms with Gasteiger partial charge in [-0.3, -0.25) is 9.59 Å². The molecule has 1 N–H and O–H groups in total. The summed E-state index contributed by atoms with van der Waals surface area (Å²) in [5.41, 5.74) is 3.29. The minimum atomic E-state index is -3.87. The van der Waals surface area contributed by atoms with Gasteiger partial charge >= 0.3 is 0 Å². The number of Topliss-reactive ketones (excluding diaryl/α,β-unsaturated/α-hetero) is 1. The molecule has 2 aromatic carbocycles. The molecule has 9 heteroatoms. The standard InChI is InChI=1S/C32H39ClN2O5S/c1-20-5-6-21(2)41(38,39)34-31(37)23-8-12-30-28(16-23)35(17-24-7-10-26(24)29(36)14-20)18-32(19-40-30)13-3-4-22-15-25(33)9-11-27(22)32/h8-9,11-12,15-16,20-21,24,26H,3-7,10,13-14,17-19H2,1-2H3,(H,34,37)/t20-,21+,24-,26+,32-/m0/s1. The number of nitrogens with one attached hydrogen (secondary N) is 1. The van der Waals surface area contributed by atoms with Gasteiger partial charge in [0.15, 0.2) is 0 Å². The maximum absolute atomic E-state index is 13.4. The smallest absolute Gasteiger partial charge is 0.264 e. The van der Waals surface area contributed by atoms with Crippen LogP contribution in [0.15, 0.2) is 36.4 Å². The molecule has 1 fully saturated rings. The molecule has 0 radical (unpaired) electrons. The molecule has 0 aromatic heterocycles. The zero-order valence-corrected chi connectivity index (χ0v) is 25.4. The number of hydrogen-bond acceptors (Lipinski definition) is 6. The molecule has 2 bridgehead atoms. The number of aryl methyl sites for hydroxylation is 1. The van der Waals surface area contributed by atoms with Gasteiger partial charge in [0, 0.05) is 41.4 Å². The molecule has 41 heavy (non-hydrogen) atoms. The highest BCUT2D eigenvalue weighted by molar-refractivity contribution is 7.90. The number of hydrogen-bond donors (Lipinski definition) is 1. The van der Waals surface area contributed by atoms with Gasteiger partial charge in [0.2, 0.25) is 10.0 Å². The van der Waals surface area contributed by atoms with Crippen molar-refractivity contribution in [2.75, 3.05) is 24.6 Å². The molecule has 4 aliphatic rings. The summed E-state index contributed by atoms with van der Waals surface area (Å²) in [5.74, 6) is 0.664. The molecule has 1 saturated carbocycles. The van der Waals surface area contributed by atoms with Crippen molar-refractivity contribution in [2.24, 2.45) is 17.8 Å². The minimum absolute atomic E-state index is 0.0130. The van der Waals surface area contributed by atoms with Gasteiger partial charge in [0.25, 0.3) is 5.91 Å². The lowest BCUT2D eigenvalue weighted by Gasteiger charge is -2.44. The second-order valence-corrected chi connectivity index (χ2v) is 15.4. The van der Waals surface area contributed by atoms with E-state index in [1.54, 1.807) is 25.1 Å². The van der Waals surface area contributed by atoms with Crippen molar-refractivity contribution in [1.29, 1.82) is 0 Å². The topological polar surface area (TPSA) is 92.8 Å². The Bertz CT molecular complexity index is 1480. The molecule has 5 atom stereocenters. The summed E-state index contributed by atoms with van der Waals surface area (Å²) >= 11 is 6.38. The number of carbonyl (C=O) groups is 2. The number of nitrogens with zero attached hydrogens (tertiary/aromatic N) is 1. The van der Waals surface area contributed by atoms with E-state index >= 15 is 0 Å². The van der Waals surface area contributed by atoms with Gasteiger partial charge in [0.1, 0.15) is 11.5 Å². The van der Waals surface area contributed by atoms with Crippen molar-refractivity contribution in [2.45, 2.75) is 75.9 Å². The van der Waals surface area contributed by atoms with Gasteiger partial charge in [-0.2, -0.15) is 0 Å². The maximum Gasteiger partial charge on any atom is 0.264 e. The molecule has 6 rings (SSSR count). The number of fused-ring (bicyclic) bond motifs is 4. The average Bonchev–Trinajstić information content (AvgIpc) is 3.05. The molecule has 2 aliphatic heterocycles. The third-order valence-electron chi connectivity index (χ3n) is 9.97. The number of amides is 1. The summed E-state index contributed by atoms with van der Waals surface area (Å²) in [5, 5.41) is -0.0117. The van der Waals surface area contributed by atoms with Gasteiger partial charge in [0.05, 0.1) is 17.5 Å². The van der Waals surface area contributed by atoms with Crippen molar-refractivity contribution in [3.05, 3.63) is 58.1 Å². The molecule has 0 unspecified atom stereocenters. The van der Waals surface area contributed by atoms with Gasteiger partial charge < -0.3 is 9.64 Å². The monoisotopic (exact) mass is 598 g/mol. The van der Waals surface area contributed by atoms with Crippen LogP contribution in [-0.4, -0.2) is 45.1 Å². The average molecular weight is 599 g/mol. The number of rotatable bonds is 0. The summed E-state index contributed by atoms with van der Waals surface area (Å²) in [6.07, 6.45) is 6.31. The molecular formula is C32H39ClN2O5S. The Hall–Kier alpha value is -2.58. The van der Waals surface area contributed by atoms with E-state index in [4.69, 9.17) is 16.3 Å². The summed E-state index contributed by atoms with van der Waals surface area (Å²) in [4.78, 5) is 29.0. The lowest BCUT2D eigenvalue weighted by molar-refractivity contribution is -0.128. The van der Waals surface area contributed by atoms with Gasteiger partial charge in [-0.05, 0) is 105 Å². The van der Waals surface area contributed by atoms with E-state index in [0.717, 1.165) is 42.8 Å². The molecule has 2 aromatic rings. The number of benzene rings is 2. The Labute approximate surface area is 248 Å². The van der Waals surface area contributed by atoms with E-state index in [2.05, 4.69) is 21.8 Å². The van der Waals surface area contributed by atoms with Gasteiger partial charge in [-0.15, -0.1) is 0 Å². The van der Waals surface area contributed by atoms with Crippen molar-refractivity contribution in [1.82, 2.24) is 4.72 Å². The fourth-order valence-electron chi connectivity index (χ4n) is 7.31. The van der Waals surface area contributed by atoms with Crippen LogP contribution in [0.1, 0.15) is 80.3 Å². The summed E-state index contributed by atoms with van der Waals surface area (Å²) in [6.45, 7) is 5.51. The third kappa shape index (κ3) is 5.50. The summed E-state index contributed by atoms with van der Waals surface area (Å²) in [6, 6.07) is 11.3. The number of anilines is 1. The fourth-order valence-corrected chi connectivity index (χ4v) is 8.53. The molecule has 1 spiro atoms. The normalized spacial score (nSPS) is 31.6. The fraction of sp³-hybridized carbons (Fsp3) is 0.562. The largest absolute Gasteiger partial charge is 0.490 e. The molecule has 7 nitrogen and oxygen atoms in total. The highest BCUT2D eigenvalue weighted by Gasteiger charge is 2.44. The van der Waals surface area contributed by atoms with Gasteiger partial charge in [-0.1, -0.05) is 24.6 Å². The number of carbonyl (C=O) groups excluding carboxylic acids is 2. The van der Waals surface area contributed by atoms with E-state index in [1.807, 2.05) is 13.0 Å². The molecular weight excluding hydrogens is 560 g/mol. The Morgan fingerprint density at radius 3 is 2.66 bits per heavy atom. The lowest BCUT2D eigenvalue weighted by Crippen LogP contribution is -2.49. The van der Waals surface area contributed by atoms with E-state index in [9.17, 15) is 18.0 Å². The highest BCUT2D eigenvalue weighted by atomic mass is 35.5. The quantitative estimate of drug-likeness (QED) is 0.420. The summed E-state index contributed by atoms with van der Waals surface area (Å²) < 4.78 is 34.9. The molecule has 1 amide bonds. The predicted octanol–water partition coefficient (Wildman–Crippen LogP) is 5.68. The minimum Gasteiger partial charge on any atom is -0.490 e. The zero-order chi connectivity index (χ0) is 28.9. The van der Waals surface area contributed by atoms with Crippen molar-refractivity contribution >= 4 is 39.0 Å². The first-order valence-electron chi connectivity index (χ1n) is 14.9. The van der Waals surface area contributed by atoms with Crippen LogP contribution in [0.2, 0.25) is 5.02 Å². The number of ketones is 1. The first-order valence-corrected chi connectivity index (χ1v) is 16.9. The van der Waals surface area contributed by atoms with E-state index in [0.29, 0.717) is 44.7 Å². The number of halogens is 1.